The Hall–Kier alpha value is -1.26. The number of nitrogen functional groups attached to an aromatic ring is 1. The fraction of sp³-hybridized carbons (Fsp3) is 0.250. The molecule has 0 radical (unpaired) electrons. The van der Waals surface area contributed by atoms with E-state index in [0.717, 1.165) is 21.9 Å². The third kappa shape index (κ3) is 2.63. The molecule has 0 aliphatic carbocycles. The van der Waals surface area contributed by atoms with Crippen LogP contribution in [-0.4, -0.2) is 15.7 Å². The van der Waals surface area contributed by atoms with Crippen molar-refractivity contribution in [1.29, 1.82) is 0 Å². The van der Waals surface area contributed by atoms with Gasteiger partial charge in [0.2, 0.25) is 0 Å². The fourth-order valence-electron chi connectivity index (χ4n) is 2.57. The van der Waals surface area contributed by atoms with Crippen molar-refractivity contribution in [2.75, 3.05) is 17.2 Å². The first-order chi connectivity index (χ1) is 9.65. The Kier molecular flexibility index (Phi) is 3.85. The molecule has 0 aromatic heterocycles. The topological polar surface area (TPSA) is 43.1 Å². The number of aryl methyl sites for hydroxylation is 1. The molecule has 0 saturated heterocycles. The number of anilines is 1. The SMILES string of the molecule is Cc1cc(N)ccc1S(=O)CC1CSc2ccccc21. The van der Waals surface area contributed by atoms with Gasteiger partial charge < -0.3 is 5.73 Å². The molecule has 2 aromatic carbocycles. The largest absolute Gasteiger partial charge is 0.399 e. The van der Waals surface area contributed by atoms with Crippen LogP contribution in [0.4, 0.5) is 5.69 Å². The molecule has 1 aliphatic heterocycles. The van der Waals surface area contributed by atoms with Crippen molar-refractivity contribution in [3.63, 3.8) is 0 Å². The van der Waals surface area contributed by atoms with Crippen LogP contribution in [0.3, 0.4) is 0 Å². The third-order valence-electron chi connectivity index (χ3n) is 3.60. The number of hydrogen-bond donors (Lipinski definition) is 1. The predicted octanol–water partition coefficient (Wildman–Crippen LogP) is 3.57. The van der Waals surface area contributed by atoms with Gasteiger partial charge in [0, 0.05) is 32.9 Å². The molecule has 2 aromatic rings. The molecule has 2 unspecified atom stereocenters. The van der Waals surface area contributed by atoms with Gasteiger partial charge >= 0.3 is 0 Å². The first kappa shape index (κ1) is 13.7. The molecule has 4 heteroatoms. The van der Waals surface area contributed by atoms with Crippen LogP contribution in [0.15, 0.2) is 52.3 Å². The minimum atomic E-state index is -0.969. The molecule has 20 heavy (non-hydrogen) atoms. The van der Waals surface area contributed by atoms with Crippen molar-refractivity contribution in [3.8, 4) is 0 Å². The summed E-state index contributed by atoms with van der Waals surface area (Å²) in [6.07, 6.45) is 0. The minimum Gasteiger partial charge on any atom is -0.399 e. The molecule has 0 spiro atoms. The van der Waals surface area contributed by atoms with E-state index in [1.165, 1.54) is 10.5 Å². The van der Waals surface area contributed by atoms with Gasteiger partial charge in [0.25, 0.3) is 0 Å². The minimum absolute atomic E-state index is 0.383. The molecule has 2 N–H and O–H groups in total. The fourth-order valence-corrected chi connectivity index (χ4v) is 5.45. The quantitative estimate of drug-likeness (QED) is 0.881. The molecular formula is C16H17NOS2. The lowest BCUT2D eigenvalue weighted by atomic mass is 10.0. The van der Waals surface area contributed by atoms with Crippen LogP contribution >= 0.6 is 11.8 Å². The van der Waals surface area contributed by atoms with E-state index in [9.17, 15) is 4.21 Å². The Bertz CT molecular complexity index is 669. The number of hydrogen-bond acceptors (Lipinski definition) is 3. The average molecular weight is 303 g/mol. The van der Waals surface area contributed by atoms with Crippen LogP contribution < -0.4 is 5.73 Å². The maximum absolute atomic E-state index is 12.6. The van der Waals surface area contributed by atoms with Crippen LogP contribution in [0.1, 0.15) is 17.0 Å². The highest BCUT2D eigenvalue weighted by Gasteiger charge is 2.25. The predicted molar refractivity (Wildman–Crippen MR) is 86.8 cm³/mol. The van der Waals surface area contributed by atoms with Gasteiger partial charge in [-0.15, -0.1) is 11.8 Å². The second-order valence-electron chi connectivity index (χ2n) is 5.08. The average Bonchev–Trinajstić information content (AvgIpc) is 2.82. The highest BCUT2D eigenvalue weighted by Crippen LogP contribution is 2.40. The Balaban J connectivity index is 1.81. The maximum Gasteiger partial charge on any atom is 0.0538 e. The monoisotopic (exact) mass is 303 g/mol. The lowest BCUT2D eigenvalue weighted by Gasteiger charge is -2.12. The maximum atomic E-state index is 12.6. The second-order valence-corrected chi connectivity index (χ2v) is 7.61. The van der Waals surface area contributed by atoms with Crippen molar-refractivity contribution in [2.24, 2.45) is 0 Å². The number of fused-ring (bicyclic) bond motifs is 1. The van der Waals surface area contributed by atoms with Gasteiger partial charge in [-0.25, -0.2) is 0 Å². The zero-order valence-electron chi connectivity index (χ0n) is 11.3. The molecule has 104 valence electrons. The normalized spacial score (nSPS) is 18.8. The Morgan fingerprint density at radius 1 is 1.30 bits per heavy atom. The molecule has 0 bridgehead atoms. The summed E-state index contributed by atoms with van der Waals surface area (Å²) in [7, 11) is -0.969. The van der Waals surface area contributed by atoms with Crippen molar-refractivity contribution in [1.82, 2.24) is 0 Å². The van der Waals surface area contributed by atoms with Gasteiger partial charge in [0.15, 0.2) is 0 Å². The van der Waals surface area contributed by atoms with Crippen molar-refractivity contribution < 1.29 is 4.21 Å². The number of benzene rings is 2. The molecule has 0 fully saturated rings. The van der Waals surface area contributed by atoms with Crippen molar-refractivity contribution in [2.45, 2.75) is 22.6 Å². The highest BCUT2D eigenvalue weighted by molar-refractivity contribution is 7.99. The first-order valence-electron chi connectivity index (χ1n) is 6.61. The molecule has 2 atom stereocenters. The van der Waals surface area contributed by atoms with Gasteiger partial charge in [-0.05, 0) is 42.3 Å². The van der Waals surface area contributed by atoms with E-state index in [4.69, 9.17) is 5.73 Å². The summed E-state index contributed by atoms with van der Waals surface area (Å²) in [5.74, 6) is 2.10. The lowest BCUT2D eigenvalue weighted by Crippen LogP contribution is -2.10. The first-order valence-corrected chi connectivity index (χ1v) is 8.92. The molecule has 3 rings (SSSR count). The van der Waals surface area contributed by atoms with Gasteiger partial charge in [-0.2, -0.15) is 0 Å². The van der Waals surface area contributed by atoms with Crippen LogP contribution in [-0.2, 0) is 10.8 Å². The third-order valence-corrected chi connectivity index (χ3v) is 6.50. The molecule has 1 heterocycles. The molecule has 1 aliphatic rings. The van der Waals surface area contributed by atoms with Gasteiger partial charge in [0.1, 0.15) is 0 Å². The smallest absolute Gasteiger partial charge is 0.0538 e. The summed E-state index contributed by atoms with van der Waals surface area (Å²) in [4.78, 5) is 2.25. The Morgan fingerprint density at radius 3 is 2.90 bits per heavy atom. The van der Waals surface area contributed by atoms with E-state index in [1.54, 1.807) is 0 Å². The van der Waals surface area contributed by atoms with Crippen molar-refractivity contribution in [3.05, 3.63) is 53.6 Å². The summed E-state index contributed by atoms with van der Waals surface area (Å²) >= 11 is 1.87. The Morgan fingerprint density at radius 2 is 2.10 bits per heavy atom. The lowest BCUT2D eigenvalue weighted by molar-refractivity contribution is 0.677. The van der Waals surface area contributed by atoms with Crippen molar-refractivity contribution >= 4 is 28.2 Å². The second kappa shape index (κ2) is 5.62. The molecule has 2 nitrogen and oxygen atoms in total. The van der Waals surface area contributed by atoms with E-state index >= 15 is 0 Å². The molecular weight excluding hydrogens is 286 g/mol. The van der Waals surface area contributed by atoms with E-state index in [1.807, 2.05) is 36.9 Å². The van der Waals surface area contributed by atoms with Gasteiger partial charge in [0.05, 0.1) is 10.8 Å². The zero-order chi connectivity index (χ0) is 14.1. The van der Waals surface area contributed by atoms with Crippen LogP contribution in [0, 0.1) is 6.92 Å². The number of nitrogens with two attached hydrogens (primary N) is 1. The summed E-state index contributed by atoms with van der Waals surface area (Å²) in [5, 5.41) is 0. The van der Waals surface area contributed by atoms with E-state index in [-0.39, 0.29) is 0 Å². The summed E-state index contributed by atoms with van der Waals surface area (Å²) in [5.41, 5.74) is 8.84. The number of thioether (sulfide) groups is 1. The zero-order valence-corrected chi connectivity index (χ0v) is 13.0. The summed E-state index contributed by atoms with van der Waals surface area (Å²) < 4.78 is 12.6. The van der Waals surface area contributed by atoms with E-state index in [0.29, 0.717) is 11.7 Å². The summed E-state index contributed by atoms with van der Waals surface area (Å²) in [6.45, 7) is 1.97. The van der Waals surface area contributed by atoms with E-state index in [2.05, 4.69) is 24.3 Å². The summed E-state index contributed by atoms with van der Waals surface area (Å²) in [6, 6.07) is 14.1. The Labute approximate surface area is 126 Å². The van der Waals surface area contributed by atoms with Crippen LogP contribution in [0.25, 0.3) is 0 Å². The van der Waals surface area contributed by atoms with Crippen LogP contribution in [0.2, 0.25) is 0 Å². The highest BCUT2D eigenvalue weighted by atomic mass is 32.2. The van der Waals surface area contributed by atoms with Gasteiger partial charge in [-0.1, -0.05) is 18.2 Å². The molecule has 0 amide bonds. The van der Waals surface area contributed by atoms with E-state index < -0.39 is 10.8 Å². The molecule has 0 saturated carbocycles. The standard InChI is InChI=1S/C16H17NOS2/c1-11-8-13(17)6-7-16(11)20(18)10-12-9-19-15-5-3-2-4-14(12)15/h2-8,12H,9-10,17H2,1H3. The van der Waals surface area contributed by atoms with Gasteiger partial charge in [-0.3, -0.25) is 4.21 Å². The number of rotatable bonds is 3. The van der Waals surface area contributed by atoms with Crippen LogP contribution in [0.5, 0.6) is 0 Å².